The van der Waals surface area contributed by atoms with Gasteiger partial charge in [0.1, 0.15) is 4.90 Å². The molecule has 18 heavy (non-hydrogen) atoms. The quantitative estimate of drug-likeness (QED) is 0.843. The summed E-state index contributed by atoms with van der Waals surface area (Å²) in [4.78, 5) is 4.16. The maximum Gasteiger partial charge on any atom is 0.244 e. The van der Waals surface area contributed by atoms with Crippen molar-refractivity contribution in [2.24, 2.45) is 17.6 Å². The second kappa shape index (κ2) is 4.29. The van der Waals surface area contributed by atoms with E-state index in [2.05, 4.69) is 4.98 Å². The van der Waals surface area contributed by atoms with Gasteiger partial charge in [0.25, 0.3) is 0 Å². The van der Waals surface area contributed by atoms with Gasteiger partial charge in [-0.05, 0) is 36.8 Å². The molecule has 3 atom stereocenters. The Hall–Kier alpha value is -0.980. The highest BCUT2D eigenvalue weighted by molar-refractivity contribution is 7.89. The summed E-state index contributed by atoms with van der Waals surface area (Å²) < 4.78 is 26.4. The van der Waals surface area contributed by atoms with E-state index in [4.69, 9.17) is 5.73 Å². The molecule has 6 heteroatoms. The molecule has 1 saturated heterocycles. The Labute approximate surface area is 107 Å². The Balaban J connectivity index is 1.85. The first-order chi connectivity index (χ1) is 8.59. The van der Waals surface area contributed by atoms with Crippen LogP contribution in [-0.4, -0.2) is 36.8 Å². The Morgan fingerprint density at radius 2 is 2.17 bits per heavy atom. The zero-order valence-corrected chi connectivity index (χ0v) is 10.9. The van der Waals surface area contributed by atoms with Crippen LogP contribution >= 0.6 is 0 Å². The number of rotatable bonds is 2. The second-order valence-corrected chi connectivity index (χ2v) is 7.11. The van der Waals surface area contributed by atoms with Gasteiger partial charge in [-0.2, -0.15) is 4.31 Å². The number of hydrogen-bond donors (Lipinski definition) is 1. The van der Waals surface area contributed by atoms with E-state index in [9.17, 15) is 8.42 Å². The summed E-state index contributed by atoms with van der Waals surface area (Å²) in [5.74, 6) is 0.767. The van der Waals surface area contributed by atoms with Crippen LogP contribution in [0.2, 0.25) is 0 Å². The third-order valence-electron chi connectivity index (χ3n) is 4.15. The molecule has 0 bridgehead atoms. The Morgan fingerprint density at radius 1 is 1.33 bits per heavy atom. The largest absolute Gasteiger partial charge is 0.327 e. The molecule has 1 aliphatic heterocycles. The van der Waals surface area contributed by atoms with Gasteiger partial charge in [0.05, 0.1) is 0 Å². The number of sulfonamides is 1. The highest BCUT2D eigenvalue weighted by Crippen LogP contribution is 2.39. The minimum atomic E-state index is -3.39. The van der Waals surface area contributed by atoms with Crippen molar-refractivity contribution in [2.75, 3.05) is 13.1 Å². The van der Waals surface area contributed by atoms with E-state index in [0.717, 1.165) is 12.8 Å². The van der Waals surface area contributed by atoms with Crippen molar-refractivity contribution >= 4 is 10.0 Å². The molecule has 1 saturated carbocycles. The fourth-order valence-corrected chi connectivity index (χ4v) is 4.61. The van der Waals surface area contributed by atoms with Crippen molar-refractivity contribution in [2.45, 2.75) is 23.8 Å². The maximum atomic E-state index is 12.4. The first-order valence-corrected chi connectivity index (χ1v) is 7.69. The molecule has 2 N–H and O–H groups in total. The predicted octanol–water partition coefficient (Wildman–Crippen LogP) is 0.439. The average molecular weight is 267 g/mol. The molecule has 0 radical (unpaired) electrons. The monoisotopic (exact) mass is 267 g/mol. The van der Waals surface area contributed by atoms with Crippen LogP contribution in [0.4, 0.5) is 0 Å². The molecule has 2 fully saturated rings. The maximum absolute atomic E-state index is 12.4. The molecular formula is C12H17N3O2S. The molecule has 0 amide bonds. The minimum absolute atomic E-state index is 0.157. The second-order valence-electron chi connectivity index (χ2n) is 5.18. The minimum Gasteiger partial charge on any atom is -0.327 e. The van der Waals surface area contributed by atoms with E-state index < -0.39 is 10.0 Å². The molecule has 1 aromatic heterocycles. The predicted molar refractivity (Wildman–Crippen MR) is 67.2 cm³/mol. The summed E-state index contributed by atoms with van der Waals surface area (Å²) in [5, 5.41) is 0. The lowest BCUT2D eigenvalue weighted by atomic mass is 9.98. The van der Waals surface area contributed by atoms with E-state index in [1.807, 2.05) is 0 Å². The van der Waals surface area contributed by atoms with Crippen molar-refractivity contribution in [3.63, 3.8) is 0 Å². The lowest BCUT2D eigenvalue weighted by Crippen LogP contribution is -2.33. The van der Waals surface area contributed by atoms with Gasteiger partial charge < -0.3 is 5.73 Å². The third-order valence-corrected chi connectivity index (χ3v) is 5.97. The molecule has 0 spiro atoms. The van der Waals surface area contributed by atoms with Gasteiger partial charge in [0.15, 0.2) is 0 Å². The molecule has 2 aliphatic rings. The van der Waals surface area contributed by atoms with E-state index in [0.29, 0.717) is 24.9 Å². The summed E-state index contributed by atoms with van der Waals surface area (Å²) in [6.07, 6.45) is 5.05. The van der Waals surface area contributed by atoms with Crippen LogP contribution in [0.25, 0.3) is 0 Å². The summed E-state index contributed by atoms with van der Waals surface area (Å²) in [6, 6.07) is 3.40. The number of hydrogen-bond acceptors (Lipinski definition) is 4. The van der Waals surface area contributed by atoms with Crippen LogP contribution < -0.4 is 5.73 Å². The van der Waals surface area contributed by atoms with Crippen LogP contribution in [0.5, 0.6) is 0 Å². The third kappa shape index (κ3) is 1.84. The van der Waals surface area contributed by atoms with Crippen LogP contribution in [0, 0.1) is 11.8 Å². The van der Waals surface area contributed by atoms with Gasteiger partial charge >= 0.3 is 0 Å². The number of pyridine rings is 1. The van der Waals surface area contributed by atoms with Crippen LogP contribution in [0.15, 0.2) is 29.4 Å². The fourth-order valence-electron chi connectivity index (χ4n) is 3.11. The van der Waals surface area contributed by atoms with Gasteiger partial charge in [-0.25, -0.2) is 8.42 Å². The average Bonchev–Trinajstić information content (AvgIpc) is 2.94. The molecule has 2 heterocycles. The van der Waals surface area contributed by atoms with Crippen LogP contribution in [0.3, 0.4) is 0 Å². The molecule has 1 aromatic rings. The number of fused-ring (bicyclic) bond motifs is 1. The van der Waals surface area contributed by atoms with Crippen molar-refractivity contribution in [1.29, 1.82) is 0 Å². The molecule has 0 aromatic carbocycles. The lowest BCUT2D eigenvalue weighted by Gasteiger charge is -2.18. The normalized spacial score (nSPS) is 32.6. The lowest BCUT2D eigenvalue weighted by molar-refractivity contribution is 0.427. The number of aromatic nitrogens is 1. The van der Waals surface area contributed by atoms with Gasteiger partial charge in [0.2, 0.25) is 10.0 Å². The van der Waals surface area contributed by atoms with E-state index >= 15 is 0 Å². The summed E-state index contributed by atoms with van der Waals surface area (Å²) >= 11 is 0. The van der Waals surface area contributed by atoms with E-state index in [-0.39, 0.29) is 10.9 Å². The number of nitrogens with zero attached hydrogens (tertiary/aromatic N) is 2. The molecule has 5 nitrogen and oxygen atoms in total. The SMILES string of the molecule is NC1CCC2CN(S(=O)(=O)c3cccnc3)CC12. The van der Waals surface area contributed by atoms with Crippen molar-refractivity contribution in [3.05, 3.63) is 24.5 Å². The molecule has 3 unspecified atom stereocenters. The zero-order valence-electron chi connectivity index (χ0n) is 10.1. The zero-order chi connectivity index (χ0) is 12.8. The highest BCUT2D eigenvalue weighted by Gasteiger charge is 2.45. The summed E-state index contributed by atoms with van der Waals surface area (Å²) in [7, 11) is -3.39. The molecule has 3 rings (SSSR count). The Morgan fingerprint density at radius 3 is 2.83 bits per heavy atom. The van der Waals surface area contributed by atoms with E-state index in [1.54, 1.807) is 22.6 Å². The number of nitrogens with two attached hydrogens (primary N) is 1. The van der Waals surface area contributed by atoms with Gasteiger partial charge in [0, 0.05) is 31.5 Å². The van der Waals surface area contributed by atoms with Gasteiger partial charge in [-0.1, -0.05) is 0 Å². The molecule has 1 aliphatic carbocycles. The standard InChI is InChI=1S/C12H17N3O2S/c13-12-4-3-9-7-15(8-11(9)12)18(16,17)10-2-1-5-14-6-10/h1-2,5-6,9,11-12H,3-4,7-8,13H2. The van der Waals surface area contributed by atoms with Gasteiger partial charge in [-0.15, -0.1) is 0 Å². The van der Waals surface area contributed by atoms with Crippen molar-refractivity contribution in [3.8, 4) is 0 Å². The van der Waals surface area contributed by atoms with Crippen LogP contribution in [-0.2, 0) is 10.0 Å². The topological polar surface area (TPSA) is 76.3 Å². The van der Waals surface area contributed by atoms with Crippen molar-refractivity contribution < 1.29 is 8.42 Å². The van der Waals surface area contributed by atoms with Crippen molar-refractivity contribution in [1.82, 2.24) is 9.29 Å². The first-order valence-electron chi connectivity index (χ1n) is 6.25. The molecular weight excluding hydrogens is 250 g/mol. The first kappa shape index (κ1) is 12.1. The Kier molecular flexibility index (Phi) is 2.88. The Bertz CT molecular complexity index is 532. The summed E-state index contributed by atoms with van der Waals surface area (Å²) in [6.45, 7) is 1.17. The highest BCUT2D eigenvalue weighted by atomic mass is 32.2. The van der Waals surface area contributed by atoms with E-state index in [1.165, 1.54) is 6.20 Å². The summed E-state index contributed by atoms with van der Waals surface area (Å²) in [5.41, 5.74) is 6.03. The van der Waals surface area contributed by atoms with Crippen LogP contribution in [0.1, 0.15) is 12.8 Å². The molecule has 98 valence electrons. The smallest absolute Gasteiger partial charge is 0.244 e. The fraction of sp³-hybridized carbons (Fsp3) is 0.583. The van der Waals surface area contributed by atoms with Gasteiger partial charge in [-0.3, -0.25) is 4.98 Å².